The van der Waals surface area contributed by atoms with Gasteiger partial charge in [-0.1, -0.05) is 41.9 Å². The predicted molar refractivity (Wildman–Crippen MR) is 90.2 cm³/mol. The van der Waals surface area contributed by atoms with Gasteiger partial charge in [0.05, 0.1) is 5.02 Å². The summed E-state index contributed by atoms with van der Waals surface area (Å²) in [6, 6.07) is 17.7. The highest BCUT2D eigenvalue weighted by Gasteiger charge is 2.06. The second-order valence-electron chi connectivity index (χ2n) is 4.66. The molecule has 0 aliphatic rings. The molecule has 0 radical (unpaired) electrons. The first-order valence-electron chi connectivity index (χ1n) is 6.58. The molecule has 106 valence electrons. The van der Waals surface area contributed by atoms with Gasteiger partial charge >= 0.3 is 0 Å². The lowest BCUT2D eigenvalue weighted by Gasteiger charge is -2.11. The zero-order chi connectivity index (χ0) is 14.7. The Balaban J connectivity index is 1.81. The highest BCUT2D eigenvalue weighted by molar-refractivity contribution is 7.13. The Bertz CT molecular complexity index is 740. The van der Waals surface area contributed by atoms with Crippen molar-refractivity contribution in [3.05, 3.63) is 70.6 Å². The molecule has 3 rings (SSSR count). The third-order valence-corrected chi connectivity index (χ3v) is 4.41. The average Bonchev–Trinajstić information content (AvgIpc) is 3.03. The number of hydrogen-bond donors (Lipinski definition) is 2. The summed E-state index contributed by atoms with van der Waals surface area (Å²) < 4.78 is 0. The molecule has 3 aromatic rings. The summed E-state index contributed by atoms with van der Waals surface area (Å²) in [5, 5.41) is 15.3. The van der Waals surface area contributed by atoms with E-state index >= 15 is 0 Å². The van der Waals surface area contributed by atoms with E-state index in [2.05, 4.69) is 35.0 Å². The molecule has 1 heterocycles. The minimum Gasteiger partial charge on any atom is -0.506 e. The van der Waals surface area contributed by atoms with Crippen molar-refractivity contribution >= 4 is 28.6 Å². The molecule has 0 atom stereocenters. The van der Waals surface area contributed by atoms with Gasteiger partial charge in [0.2, 0.25) is 0 Å². The summed E-state index contributed by atoms with van der Waals surface area (Å²) >= 11 is 7.65. The predicted octanol–water partition coefficient (Wildman–Crippen LogP) is 5.39. The molecule has 21 heavy (non-hydrogen) atoms. The quantitative estimate of drug-likeness (QED) is 0.677. The number of thiophene rings is 1. The third-order valence-electron chi connectivity index (χ3n) is 3.21. The van der Waals surface area contributed by atoms with Crippen LogP contribution >= 0.6 is 22.9 Å². The molecule has 0 aliphatic carbocycles. The van der Waals surface area contributed by atoms with Gasteiger partial charge in [-0.3, -0.25) is 0 Å². The summed E-state index contributed by atoms with van der Waals surface area (Å²) in [5.41, 5.74) is 3.31. The first-order chi connectivity index (χ1) is 10.2. The van der Waals surface area contributed by atoms with Crippen LogP contribution in [0.3, 0.4) is 0 Å². The highest BCUT2D eigenvalue weighted by atomic mass is 35.5. The van der Waals surface area contributed by atoms with Crippen molar-refractivity contribution in [2.45, 2.75) is 6.54 Å². The number of rotatable bonds is 4. The Kier molecular flexibility index (Phi) is 4.13. The van der Waals surface area contributed by atoms with E-state index in [1.807, 2.05) is 18.2 Å². The number of nitrogens with one attached hydrogen (secondary N) is 1. The summed E-state index contributed by atoms with van der Waals surface area (Å²) in [7, 11) is 0. The lowest BCUT2D eigenvalue weighted by Crippen LogP contribution is -2.00. The van der Waals surface area contributed by atoms with Gasteiger partial charge in [-0.2, -0.15) is 0 Å². The van der Waals surface area contributed by atoms with Crippen molar-refractivity contribution in [2.24, 2.45) is 0 Å². The Morgan fingerprint density at radius 2 is 1.90 bits per heavy atom. The number of phenols is 1. The molecule has 0 spiro atoms. The number of para-hydroxylation sites is 1. The molecule has 4 heteroatoms. The largest absolute Gasteiger partial charge is 0.506 e. The van der Waals surface area contributed by atoms with Gasteiger partial charge in [0, 0.05) is 22.7 Å². The molecule has 2 N–H and O–H groups in total. The Morgan fingerprint density at radius 3 is 2.67 bits per heavy atom. The van der Waals surface area contributed by atoms with Crippen LogP contribution < -0.4 is 5.32 Å². The molecule has 0 unspecified atom stereocenters. The van der Waals surface area contributed by atoms with Crippen molar-refractivity contribution in [1.82, 2.24) is 0 Å². The van der Waals surface area contributed by atoms with Gasteiger partial charge in [-0.15, -0.1) is 11.3 Å². The molecular weight excluding hydrogens is 302 g/mol. The van der Waals surface area contributed by atoms with E-state index in [4.69, 9.17) is 11.6 Å². The van der Waals surface area contributed by atoms with Gasteiger partial charge in [0.15, 0.2) is 0 Å². The number of aromatic hydroxyl groups is 1. The van der Waals surface area contributed by atoms with Crippen molar-refractivity contribution < 1.29 is 5.11 Å². The van der Waals surface area contributed by atoms with E-state index in [1.165, 1.54) is 10.4 Å². The van der Waals surface area contributed by atoms with Crippen molar-refractivity contribution in [2.75, 3.05) is 5.32 Å². The molecule has 0 saturated carbocycles. The number of anilines is 1. The second-order valence-corrected chi connectivity index (χ2v) is 6.02. The first-order valence-corrected chi connectivity index (χ1v) is 7.84. The smallest absolute Gasteiger partial charge is 0.134 e. The van der Waals surface area contributed by atoms with Crippen LogP contribution in [0.15, 0.2) is 60.0 Å². The molecule has 1 aromatic heterocycles. The Morgan fingerprint density at radius 1 is 1.05 bits per heavy atom. The van der Waals surface area contributed by atoms with E-state index in [0.717, 1.165) is 11.3 Å². The van der Waals surface area contributed by atoms with E-state index < -0.39 is 0 Å². The Labute approximate surface area is 132 Å². The normalized spacial score (nSPS) is 10.5. The van der Waals surface area contributed by atoms with Crippen LogP contribution in [-0.4, -0.2) is 5.11 Å². The Hall–Kier alpha value is -1.97. The molecule has 2 aromatic carbocycles. The fraction of sp³-hybridized carbons (Fsp3) is 0.0588. The lowest BCUT2D eigenvalue weighted by atomic mass is 10.1. The van der Waals surface area contributed by atoms with E-state index in [9.17, 15) is 5.11 Å². The number of phenolic OH excluding ortho intramolecular Hbond substituents is 1. The van der Waals surface area contributed by atoms with Crippen LogP contribution in [0.2, 0.25) is 5.02 Å². The second kappa shape index (κ2) is 6.20. The molecule has 2 nitrogen and oxygen atoms in total. The zero-order valence-corrected chi connectivity index (χ0v) is 12.8. The number of halogens is 1. The van der Waals surface area contributed by atoms with E-state index in [0.29, 0.717) is 11.6 Å². The monoisotopic (exact) mass is 315 g/mol. The molecule has 0 fully saturated rings. The van der Waals surface area contributed by atoms with Gasteiger partial charge in [0.1, 0.15) is 5.75 Å². The SMILES string of the molecule is Oc1ccc(CNc2ccccc2-c2cccs2)cc1Cl. The summed E-state index contributed by atoms with van der Waals surface area (Å²) in [6.45, 7) is 0.655. The lowest BCUT2D eigenvalue weighted by molar-refractivity contribution is 0.475. The van der Waals surface area contributed by atoms with Crippen molar-refractivity contribution in [3.63, 3.8) is 0 Å². The number of hydrogen-bond acceptors (Lipinski definition) is 3. The highest BCUT2D eigenvalue weighted by Crippen LogP contribution is 2.32. The van der Waals surface area contributed by atoms with Crippen LogP contribution in [-0.2, 0) is 6.54 Å². The van der Waals surface area contributed by atoms with Gasteiger partial charge in [-0.25, -0.2) is 0 Å². The fourth-order valence-corrected chi connectivity index (χ4v) is 3.11. The maximum atomic E-state index is 9.45. The van der Waals surface area contributed by atoms with Gasteiger partial charge < -0.3 is 10.4 Å². The van der Waals surface area contributed by atoms with Gasteiger partial charge in [0.25, 0.3) is 0 Å². The van der Waals surface area contributed by atoms with Crippen LogP contribution in [0.25, 0.3) is 10.4 Å². The molecule has 0 saturated heterocycles. The van der Waals surface area contributed by atoms with Crippen molar-refractivity contribution in [3.8, 4) is 16.2 Å². The van der Waals surface area contributed by atoms with Crippen LogP contribution in [0.5, 0.6) is 5.75 Å². The van der Waals surface area contributed by atoms with E-state index in [-0.39, 0.29) is 5.75 Å². The molecule has 0 aliphatic heterocycles. The topological polar surface area (TPSA) is 32.3 Å². The average molecular weight is 316 g/mol. The first kappa shape index (κ1) is 14.0. The summed E-state index contributed by atoms with van der Waals surface area (Å²) in [4.78, 5) is 1.24. The maximum Gasteiger partial charge on any atom is 0.134 e. The minimum absolute atomic E-state index is 0.111. The van der Waals surface area contributed by atoms with Crippen LogP contribution in [0, 0.1) is 0 Å². The molecule has 0 amide bonds. The van der Waals surface area contributed by atoms with Crippen LogP contribution in [0.1, 0.15) is 5.56 Å². The zero-order valence-electron chi connectivity index (χ0n) is 11.2. The minimum atomic E-state index is 0.111. The van der Waals surface area contributed by atoms with Crippen LogP contribution in [0.4, 0.5) is 5.69 Å². The maximum absolute atomic E-state index is 9.45. The summed E-state index contributed by atoms with van der Waals surface area (Å²) in [5.74, 6) is 0.111. The van der Waals surface area contributed by atoms with Crippen molar-refractivity contribution in [1.29, 1.82) is 0 Å². The van der Waals surface area contributed by atoms with E-state index in [1.54, 1.807) is 23.5 Å². The molecule has 0 bridgehead atoms. The number of benzene rings is 2. The summed E-state index contributed by atoms with van der Waals surface area (Å²) in [6.07, 6.45) is 0. The van der Waals surface area contributed by atoms with Gasteiger partial charge in [-0.05, 0) is 35.2 Å². The fourth-order valence-electron chi connectivity index (χ4n) is 2.14. The molecular formula is C17H14ClNOS. The standard InChI is InChI=1S/C17H14ClNOS/c18-14-10-12(7-8-16(14)20)11-19-15-5-2-1-4-13(15)17-6-3-9-21-17/h1-10,19-20H,11H2. The third kappa shape index (κ3) is 3.20.